The summed E-state index contributed by atoms with van der Waals surface area (Å²) in [5.74, 6) is 1.71. The molecule has 0 N–H and O–H groups in total. The molecule has 6 heteroatoms. The molecule has 0 spiro atoms. The van der Waals surface area contributed by atoms with Crippen molar-refractivity contribution in [3.8, 4) is 0 Å². The highest BCUT2D eigenvalue weighted by Gasteiger charge is 2.24. The van der Waals surface area contributed by atoms with Gasteiger partial charge in [0.15, 0.2) is 0 Å². The van der Waals surface area contributed by atoms with Crippen LogP contribution in [0.2, 0.25) is 5.15 Å². The van der Waals surface area contributed by atoms with Gasteiger partial charge in [-0.15, -0.1) is 0 Å². The number of nitrogens with zero attached hydrogens (tertiary/aromatic N) is 3. The van der Waals surface area contributed by atoms with Crippen LogP contribution in [0.1, 0.15) is 46.4 Å². The summed E-state index contributed by atoms with van der Waals surface area (Å²) in [6.07, 6.45) is 3.93. The average Bonchev–Trinajstić information content (AvgIpc) is 3.03. The van der Waals surface area contributed by atoms with Crippen molar-refractivity contribution in [1.29, 1.82) is 0 Å². The Bertz CT molecular complexity index is 964. The number of pyridine rings is 1. The molecule has 3 aromatic rings. The van der Waals surface area contributed by atoms with E-state index in [9.17, 15) is 0 Å². The minimum atomic E-state index is -0.0233. The molecule has 0 radical (unpaired) electrons. The summed E-state index contributed by atoms with van der Waals surface area (Å²) < 4.78 is 7.73. The highest BCUT2D eigenvalue weighted by atomic mass is 35.5. The zero-order chi connectivity index (χ0) is 21.0. The van der Waals surface area contributed by atoms with E-state index in [1.807, 2.05) is 12.1 Å². The second-order valence-corrected chi connectivity index (χ2v) is 9.95. The minimum Gasteiger partial charge on any atom is -0.385 e. The zero-order valence-corrected chi connectivity index (χ0v) is 19.5. The van der Waals surface area contributed by atoms with Crippen molar-refractivity contribution in [3.63, 3.8) is 0 Å². The van der Waals surface area contributed by atoms with Gasteiger partial charge < -0.3 is 9.30 Å². The van der Waals surface area contributed by atoms with Gasteiger partial charge in [-0.3, -0.25) is 0 Å². The van der Waals surface area contributed by atoms with E-state index >= 15 is 0 Å². The Morgan fingerprint density at radius 3 is 2.59 bits per heavy atom. The van der Waals surface area contributed by atoms with Gasteiger partial charge in [-0.25, -0.2) is 9.97 Å². The van der Waals surface area contributed by atoms with E-state index in [0.717, 1.165) is 47.1 Å². The maximum atomic E-state index is 6.03. The number of imidazole rings is 1. The van der Waals surface area contributed by atoms with E-state index in [-0.39, 0.29) is 5.41 Å². The summed E-state index contributed by atoms with van der Waals surface area (Å²) in [7, 11) is 1.77. The molecule has 1 aromatic carbocycles. The molecule has 29 heavy (non-hydrogen) atoms. The quantitative estimate of drug-likeness (QED) is 0.377. The Morgan fingerprint density at radius 1 is 1.17 bits per heavy atom. The summed E-state index contributed by atoms with van der Waals surface area (Å²) in [6.45, 7) is 10.7. The normalized spacial score (nSPS) is 13.2. The van der Waals surface area contributed by atoms with Crippen molar-refractivity contribution in [2.75, 3.05) is 13.7 Å². The molecule has 0 aliphatic heterocycles. The molecule has 0 aliphatic rings. The van der Waals surface area contributed by atoms with Crippen molar-refractivity contribution >= 4 is 34.4 Å². The molecule has 0 saturated carbocycles. The predicted octanol–water partition coefficient (Wildman–Crippen LogP) is 6.60. The molecule has 3 rings (SSSR count). The summed E-state index contributed by atoms with van der Waals surface area (Å²) in [5, 5.41) is 0.511. The number of hydrogen-bond acceptors (Lipinski definition) is 4. The molecule has 2 aromatic heterocycles. The topological polar surface area (TPSA) is 39.9 Å². The molecule has 1 unspecified atom stereocenters. The van der Waals surface area contributed by atoms with Crippen LogP contribution in [0.5, 0.6) is 0 Å². The van der Waals surface area contributed by atoms with E-state index < -0.39 is 0 Å². The van der Waals surface area contributed by atoms with Crippen molar-refractivity contribution in [1.82, 2.24) is 14.5 Å². The molecule has 1 atom stereocenters. The summed E-state index contributed by atoms with van der Waals surface area (Å²) >= 11 is 7.71. The molecule has 0 bridgehead atoms. The lowest BCUT2D eigenvalue weighted by Gasteiger charge is -2.23. The van der Waals surface area contributed by atoms with Gasteiger partial charge in [0, 0.05) is 41.7 Å². The number of rotatable bonds is 8. The van der Waals surface area contributed by atoms with E-state index in [1.165, 1.54) is 5.52 Å². The van der Waals surface area contributed by atoms with Gasteiger partial charge in [-0.05, 0) is 42.7 Å². The lowest BCUT2D eigenvalue weighted by molar-refractivity contribution is 0.171. The first-order valence-electron chi connectivity index (χ1n) is 10.1. The number of methoxy groups -OCH3 is 1. The van der Waals surface area contributed by atoms with Crippen molar-refractivity contribution in [3.05, 3.63) is 47.5 Å². The fourth-order valence-corrected chi connectivity index (χ4v) is 4.60. The van der Waals surface area contributed by atoms with Crippen LogP contribution >= 0.6 is 23.4 Å². The van der Waals surface area contributed by atoms with Gasteiger partial charge in [-0.1, -0.05) is 57.5 Å². The maximum Gasteiger partial charge on any atom is 0.130 e. The number of ether oxygens (including phenoxy) is 1. The standard InChI is InChI=1S/C23H30ClN3OS/c1-6-16(10-12-28-5)15-27-20-8-7-17(29-18-9-11-25-21(24)14-18)13-19(20)26-22(27)23(2,3)4/h7-9,11,13-14,16H,6,10,12,15H2,1-5H3. The van der Waals surface area contributed by atoms with Crippen LogP contribution < -0.4 is 0 Å². The fraction of sp³-hybridized carbons (Fsp3) is 0.478. The van der Waals surface area contributed by atoms with E-state index in [4.69, 9.17) is 21.3 Å². The van der Waals surface area contributed by atoms with Crippen molar-refractivity contribution < 1.29 is 4.74 Å². The first-order chi connectivity index (χ1) is 13.8. The third kappa shape index (κ3) is 5.53. The van der Waals surface area contributed by atoms with Gasteiger partial charge >= 0.3 is 0 Å². The monoisotopic (exact) mass is 431 g/mol. The van der Waals surface area contributed by atoms with Gasteiger partial charge in [0.25, 0.3) is 0 Å². The molecule has 0 saturated heterocycles. The van der Waals surface area contributed by atoms with Crippen molar-refractivity contribution in [2.45, 2.75) is 62.3 Å². The Balaban J connectivity index is 1.96. The summed E-state index contributed by atoms with van der Waals surface area (Å²) in [4.78, 5) is 11.3. The third-order valence-electron chi connectivity index (χ3n) is 5.07. The fourth-order valence-electron chi connectivity index (χ4n) is 3.48. The van der Waals surface area contributed by atoms with Crippen LogP contribution in [0.15, 0.2) is 46.3 Å². The molecular weight excluding hydrogens is 402 g/mol. The molecule has 0 amide bonds. The molecule has 156 valence electrons. The Hall–Kier alpha value is -1.56. The van der Waals surface area contributed by atoms with E-state index in [0.29, 0.717) is 11.1 Å². The second kappa shape index (κ2) is 9.50. The number of aromatic nitrogens is 3. The number of benzene rings is 1. The number of hydrogen-bond donors (Lipinski definition) is 0. The van der Waals surface area contributed by atoms with Crippen molar-refractivity contribution in [2.24, 2.45) is 5.92 Å². The van der Waals surface area contributed by atoms with Gasteiger partial charge in [0.1, 0.15) is 11.0 Å². The van der Waals surface area contributed by atoms with E-state index in [2.05, 4.69) is 55.4 Å². The second-order valence-electron chi connectivity index (χ2n) is 8.42. The Labute approximate surface area is 183 Å². The third-order valence-corrected chi connectivity index (χ3v) is 6.26. The van der Waals surface area contributed by atoms with Gasteiger partial charge in [0.2, 0.25) is 0 Å². The first kappa shape index (κ1) is 22.1. The molecule has 0 fully saturated rings. The highest BCUT2D eigenvalue weighted by Crippen LogP contribution is 2.33. The Kier molecular flexibility index (Phi) is 7.25. The minimum absolute atomic E-state index is 0.0233. The van der Waals surface area contributed by atoms with Crippen LogP contribution in [0.4, 0.5) is 0 Å². The van der Waals surface area contributed by atoms with E-state index in [1.54, 1.807) is 25.1 Å². The van der Waals surface area contributed by atoms with Crippen LogP contribution in [0.25, 0.3) is 11.0 Å². The summed E-state index contributed by atoms with van der Waals surface area (Å²) in [6, 6.07) is 10.4. The molecular formula is C23H30ClN3OS. The van der Waals surface area contributed by atoms with Crippen LogP contribution in [0, 0.1) is 5.92 Å². The van der Waals surface area contributed by atoms with Crippen LogP contribution in [0.3, 0.4) is 0 Å². The predicted molar refractivity (Wildman–Crippen MR) is 122 cm³/mol. The SMILES string of the molecule is CCC(CCOC)Cn1c(C(C)(C)C)nc2cc(Sc3ccnc(Cl)c3)ccc21. The maximum absolute atomic E-state index is 6.03. The van der Waals surface area contributed by atoms with Crippen LogP contribution in [-0.4, -0.2) is 28.3 Å². The highest BCUT2D eigenvalue weighted by molar-refractivity contribution is 7.99. The van der Waals surface area contributed by atoms with Gasteiger partial charge in [-0.2, -0.15) is 0 Å². The molecule has 4 nitrogen and oxygen atoms in total. The lowest BCUT2D eigenvalue weighted by atomic mass is 9.95. The lowest BCUT2D eigenvalue weighted by Crippen LogP contribution is -2.22. The zero-order valence-electron chi connectivity index (χ0n) is 17.9. The summed E-state index contributed by atoms with van der Waals surface area (Å²) in [5.41, 5.74) is 2.22. The molecule has 2 heterocycles. The molecule has 0 aliphatic carbocycles. The smallest absolute Gasteiger partial charge is 0.130 e. The average molecular weight is 432 g/mol. The van der Waals surface area contributed by atoms with Gasteiger partial charge in [0.05, 0.1) is 11.0 Å². The largest absolute Gasteiger partial charge is 0.385 e. The Morgan fingerprint density at radius 2 is 1.93 bits per heavy atom. The first-order valence-corrected chi connectivity index (χ1v) is 11.3. The number of halogens is 1. The number of fused-ring (bicyclic) bond motifs is 1. The van der Waals surface area contributed by atoms with Crippen LogP contribution in [-0.2, 0) is 16.7 Å².